The second-order valence-corrected chi connectivity index (χ2v) is 8.81. The number of carbonyl (C=O) groups is 2. The van der Waals surface area contributed by atoms with Gasteiger partial charge < -0.3 is 26.0 Å². The molecule has 0 saturated heterocycles. The Morgan fingerprint density at radius 3 is 2.48 bits per heavy atom. The van der Waals surface area contributed by atoms with Gasteiger partial charge in [-0.2, -0.15) is 0 Å². The third kappa shape index (κ3) is 9.72. The van der Waals surface area contributed by atoms with Gasteiger partial charge >= 0.3 is 6.09 Å². The number of amides is 2. The van der Waals surface area contributed by atoms with E-state index < -0.39 is 11.7 Å². The molecule has 0 aromatic heterocycles. The highest BCUT2D eigenvalue weighted by atomic mass is 16.6. The highest BCUT2D eigenvalue weighted by Gasteiger charge is 2.22. The average molecular weight is 432 g/mol. The van der Waals surface area contributed by atoms with Crippen LogP contribution in [0.3, 0.4) is 0 Å². The zero-order chi connectivity index (χ0) is 22.7. The van der Waals surface area contributed by atoms with Gasteiger partial charge in [0, 0.05) is 38.3 Å². The molecule has 0 atom stereocenters. The van der Waals surface area contributed by atoms with Gasteiger partial charge in [0.05, 0.1) is 0 Å². The number of hydrogen-bond acceptors (Lipinski definition) is 4. The lowest BCUT2D eigenvalue weighted by molar-refractivity contribution is -0.119. The van der Waals surface area contributed by atoms with Gasteiger partial charge in [-0.15, -0.1) is 0 Å². The molecule has 1 aliphatic rings. The zero-order valence-corrected chi connectivity index (χ0v) is 19.2. The van der Waals surface area contributed by atoms with E-state index in [1.54, 1.807) is 7.05 Å². The highest BCUT2D eigenvalue weighted by Crippen LogP contribution is 2.26. The van der Waals surface area contributed by atoms with Crippen molar-refractivity contribution in [3.63, 3.8) is 0 Å². The van der Waals surface area contributed by atoms with Crippen LogP contribution in [0.5, 0.6) is 0 Å². The third-order valence-electron chi connectivity index (χ3n) is 4.92. The minimum atomic E-state index is -0.495. The summed E-state index contributed by atoms with van der Waals surface area (Å²) >= 11 is 0. The minimum absolute atomic E-state index is 0.125. The first-order valence-electron chi connectivity index (χ1n) is 11.1. The smallest absolute Gasteiger partial charge is 0.407 e. The molecule has 4 N–H and O–H groups in total. The van der Waals surface area contributed by atoms with Crippen LogP contribution >= 0.6 is 0 Å². The number of benzene rings is 1. The SMILES string of the molecule is CN=C(NCCCNC(=O)OC(C)(C)C)NCc1cccc(NC(=O)C2CCCC2)c1. The number of rotatable bonds is 8. The lowest BCUT2D eigenvalue weighted by atomic mass is 10.1. The Morgan fingerprint density at radius 1 is 1.10 bits per heavy atom. The normalized spacial score (nSPS) is 14.8. The van der Waals surface area contributed by atoms with E-state index in [2.05, 4.69) is 26.3 Å². The molecule has 0 unspecified atom stereocenters. The molecule has 1 aromatic rings. The van der Waals surface area contributed by atoms with Crippen LogP contribution in [-0.2, 0) is 16.1 Å². The largest absolute Gasteiger partial charge is 0.444 e. The number of ether oxygens (including phenoxy) is 1. The summed E-state index contributed by atoms with van der Waals surface area (Å²) in [5.41, 5.74) is 1.39. The number of guanidine groups is 1. The molecular formula is C23H37N5O3. The molecule has 172 valence electrons. The fourth-order valence-electron chi connectivity index (χ4n) is 3.40. The fourth-order valence-corrected chi connectivity index (χ4v) is 3.40. The van der Waals surface area contributed by atoms with Gasteiger partial charge in [-0.3, -0.25) is 9.79 Å². The van der Waals surface area contributed by atoms with Crippen molar-refractivity contribution < 1.29 is 14.3 Å². The Labute approximate surface area is 185 Å². The van der Waals surface area contributed by atoms with E-state index in [0.717, 1.165) is 43.4 Å². The Morgan fingerprint density at radius 2 is 1.81 bits per heavy atom. The van der Waals surface area contributed by atoms with Gasteiger partial charge in [-0.05, 0) is 57.7 Å². The summed E-state index contributed by atoms with van der Waals surface area (Å²) in [4.78, 5) is 28.2. The van der Waals surface area contributed by atoms with Crippen molar-refractivity contribution in [2.45, 2.75) is 65.0 Å². The summed E-state index contributed by atoms with van der Waals surface area (Å²) < 4.78 is 5.20. The van der Waals surface area contributed by atoms with E-state index in [1.807, 2.05) is 45.0 Å². The Kier molecular flexibility index (Phi) is 9.62. The van der Waals surface area contributed by atoms with E-state index >= 15 is 0 Å². The number of carbonyl (C=O) groups excluding carboxylic acids is 2. The van der Waals surface area contributed by atoms with Gasteiger partial charge in [0.15, 0.2) is 5.96 Å². The summed E-state index contributed by atoms with van der Waals surface area (Å²) in [5, 5.41) is 12.3. The van der Waals surface area contributed by atoms with Gasteiger partial charge in [0.2, 0.25) is 5.91 Å². The van der Waals surface area contributed by atoms with Crippen LogP contribution in [0.4, 0.5) is 10.5 Å². The first-order chi connectivity index (χ1) is 14.8. The lowest BCUT2D eigenvalue weighted by Gasteiger charge is -2.19. The summed E-state index contributed by atoms with van der Waals surface area (Å²) in [6.45, 7) is 7.27. The van der Waals surface area contributed by atoms with Crippen LogP contribution in [0.25, 0.3) is 0 Å². The maximum absolute atomic E-state index is 12.3. The lowest BCUT2D eigenvalue weighted by Crippen LogP contribution is -2.39. The second kappa shape index (κ2) is 12.2. The zero-order valence-electron chi connectivity index (χ0n) is 19.2. The van der Waals surface area contributed by atoms with Crippen LogP contribution in [-0.4, -0.2) is 43.7 Å². The predicted molar refractivity (Wildman–Crippen MR) is 124 cm³/mol. The van der Waals surface area contributed by atoms with Gasteiger partial charge in [0.25, 0.3) is 0 Å². The molecule has 0 heterocycles. The first-order valence-corrected chi connectivity index (χ1v) is 11.1. The molecule has 2 amide bonds. The predicted octanol–water partition coefficient (Wildman–Crippen LogP) is 3.40. The molecule has 0 radical (unpaired) electrons. The second-order valence-electron chi connectivity index (χ2n) is 8.81. The molecule has 1 fully saturated rings. The van der Waals surface area contributed by atoms with Crippen LogP contribution < -0.4 is 21.3 Å². The summed E-state index contributed by atoms with van der Waals surface area (Å²) in [6, 6.07) is 7.86. The third-order valence-corrected chi connectivity index (χ3v) is 4.92. The van der Waals surface area contributed by atoms with Gasteiger partial charge in [0.1, 0.15) is 5.60 Å². The van der Waals surface area contributed by atoms with Crippen LogP contribution in [0.1, 0.15) is 58.4 Å². The van der Waals surface area contributed by atoms with Crippen molar-refractivity contribution in [3.8, 4) is 0 Å². The van der Waals surface area contributed by atoms with E-state index in [4.69, 9.17) is 4.74 Å². The number of nitrogens with one attached hydrogen (secondary N) is 4. The molecule has 31 heavy (non-hydrogen) atoms. The molecule has 0 spiro atoms. The van der Waals surface area contributed by atoms with Gasteiger partial charge in [-0.25, -0.2) is 4.79 Å². The van der Waals surface area contributed by atoms with E-state index in [9.17, 15) is 9.59 Å². The maximum Gasteiger partial charge on any atom is 0.407 e. The average Bonchev–Trinajstić information content (AvgIpc) is 3.24. The number of hydrogen-bond donors (Lipinski definition) is 4. The van der Waals surface area contributed by atoms with Crippen molar-refractivity contribution in [3.05, 3.63) is 29.8 Å². The summed E-state index contributed by atoms with van der Waals surface area (Å²) in [5.74, 6) is 0.951. The molecule has 8 nitrogen and oxygen atoms in total. The Hall–Kier alpha value is -2.77. The maximum atomic E-state index is 12.3. The summed E-state index contributed by atoms with van der Waals surface area (Å²) in [6.07, 6.45) is 4.60. The van der Waals surface area contributed by atoms with Crippen LogP contribution in [0, 0.1) is 5.92 Å². The molecule has 8 heteroatoms. The number of nitrogens with zero attached hydrogens (tertiary/aromatic N) is 1. The van der Waals surface area contributed by atoms with Crippen LogP contribution in [0.15, 0.2) is 29.3 Å². The standard InChI is InChI=1S/C23H37N5O3/c1-23(2,3)31-22(30)26-14-8-13-25-21(24-4)27-16-17-9-7-12-19(15-17)28-20(29)18-10-5-6-11-18/h7,9,12,15,18H,5-6,8,10-11,13-14,16H2,1-4H3,(H,26,30)(H,28,29)(H2,24,25,27). The van der Waals surface area contributed by atoms with Crippen molar-refractivity contribution in [2.75, 3.05) is 25.5 Å². The minimum Gasteiger partial charge on any atom is -0.444 e. The monoisotopic (exact) mass is 431 g/mol. The summed E-state index contributed by atoms with van der Waals surface area (Å²) in [7, 11) is 1.71. The van der Waals surface area contributed by atoms with E-state index in [0.29, 0.717) is 25.6 Å². The van der Waals surface area contributed by atoms with Crippen molar-refractivity contribution in [2.24, 2.45) is 10.9 Å². The molecular weight excluding hydrogens is 394 g/mol. The van der Waals surface area contributed by atoms with Gasteiger partial charge in [-0.1, -0.05) is 25.0 Å². The molecule has 2 rings (SSSR count). The number of alkyl carbamates (subject to hydrolysis) is 1. The van der Waals surface area contributed by atoms with E-state index in [1.165, 1.54) is 0 Å². The number of anilines is 1. The Bertz CT molecular complexity index is 752. The molecule has 0 bridgehead atoms. The molecule has 1 aromatic carbocycles. The Balaban J connectivity index is 1.68. The fraction of sp³-hybridized carbons (Fsp3) is 0.609. The molecule has 1 saturated carbocycles. The van der Waals surface area contributed by atoms with E-state index in [-0.39, 0.29) is 11.8 Å². The number of aliphatic imine (C=N–C) groups is 1. The van der Waals surface area contributed by atoms with Crippen molar-refractivity contribution >= 4 is 23.6 Å². The molecule has 0 aliphatic heterocycles. The van der Waals surface area contributed by atoms with Crippen molar-refractivity contribution in [1.29, 1.82) is 0 Å². The topological polar surface area (TPSA) is 104 Å². The van der Waals surface area contributed by atoms with Crippen molar-refractivity contribution in [1.82, 2.24) is 16.0 Å². The quantitative estimate of drug-likeness (QED) is 0.287. The first kappa shape index (κ1) is 24.5. The van der Waals surface area contributed by atoms with Crippen LogP contribution in [0.2, 0.25) is 0 Å². The highest BCUT2D eigenvalue weighted by molar-refractivity contribution is 5.92. The molecule has 1 aliphatic carbocycles.